The molecule has 1 aliphatic rings. The van der Waals surface area contributed by atoms with E-state index < -0.39 is 21.7 Å². The summed E-state index contributed by atoms with van der Waals surface area (Å²) >= 11 is 0. The van der Waals surface area contributed by atoms with Crippen LogP contribution in [0.1, 0.15) is 37.6 Å². The highest BCUT2D eigenvalue weighted by Crippen LogP contribution is 2.33. The van der Waals surface area contributed by atoms with Crippen molar-refractivity contribution in [2.24, 2.45) is 0 Å². The van der Waals surface area contributed by atoms with Crippen molar-refractivity contribution in [3.05, 3.63) is 90.6 Å². The molecule has 202 valence electrons. The van der Waals surface area contributed by atoms with Crippen molar-refractivity contribution < 1.29 is 22.7 Å². The summed E-state index contributed by atoms with van der Waals surface area (Å²) in [5.41, 5.74) is 2.11. The number of ether oxygens (including phenoxy) is 1. The maximum absolute atomic E-state index is 13.7. The van der Waals surface area contributed by atoms with Gasteiger partial charge in [-0.2, -0.15) is 0 Å². The second-order valence-corrected chi connectivity index (χ2v) is 12.4. The molecule has 0 radical (unpaired) electrons. The number of benzene rings is 3. The number of aromatic nitrogens is 1. The molecule has 0 saturated carbocycles. The van der Waals surface area contributed by atoms with Crippen molar-refractivity contribution in [3.8, 4) is 11.1 Å². The van der Waals surface area contributed by atoms with Gasteiger partial charge in [0.05, 0.1) is 16.5 Å². The molecular weight excluding hydrogens is 514 g/mol. The van der Waals surface area contributed by atoms with Crippen LogP contribution in [0.25, 0.3) is 22.0 Å². The number of carbonyl (C=O) groups is 2. The highest BCUT2D eigenvalue weighted by molar-refractivity contribution is 7.90. The standard InChI is InChI=1S/C30H31N3O5S/c1-30(2,3)38-29(35)31-23-17-18-32(19-23)28(34)22-13-15-24(16-14-22)39(36,37)33-20-26(21-9-5-4-6-10-21)25-11-7-8-12-27(25)33/h4-16,20,23H,17-19H2,1-3H3,(H,31,35). The van der Waals surface area contributed by atoms with Gasteiger partial charge >= 0.3 is 6.09 Å². The highest BCUT2D eigenvalue weighted by atomic mass is 32.2. The molecular formula is C30H31N3O5S. The first-order valence-corrected chi connectivity index (χ1v) is 14.3. The van der Waals surface area contributed by atoms with Crippen molar-refractivity contribution in [2.75, 3.05) is 13.1 Å². The summed E-state index contributed by atoms with van der Waals surface area (Å²) in [6.07, 6.45) is 1.75. The summed E-state index contributed by atoms with van der Waals surface area (Å²) in [6.45, 7) is 6.22. The van der Waals surface area contributed by atoms with E-state index in [0.717, 1.165) is 16.5 Å². The Balaban J connectivity index is 1.34. The predicted molar refractivity (Wildman–Crippen MR) is 150 cm³/mol. The Morgan fingerprint density at radius 3 is 2.28 bits per heavy atom. The minimum absolute atomic E-state index is 0.0882. The molecule has 1 unspecified atom stereocenters. The number of nitrogens with zero attached hydrogens (tertiary/aromatic N) is 2. The van der Waals surface area contributed by atoms with E-state index in [1.165, 1.54) is 28.2 Å². The van der Waals surface area contributed by atoms with Crippen molar-refractivity contribution in [1.82, 2.24) is 14.2 Å². The van der Waals surface area contributed by atoms with Crippen LogP contribution in [0.2, 0.25) is 0 Å². The smallest absolute Gasteiger partial charge is 0.407 e. The lowest BCUT2D eigenvalue weighted by Gasteiger charge is -2.22. The van der Waals surface area contributed by atoms with Crippen molar-refractivity contribution in [1.29, 1.82) is 0 Å². The fourth-order valence-corrected chi connectivity index (χ4v) is 6.17. The van der Waals surface area contributed by atoms with Crippen LogP contribution in [0.3, 0.4) is 0 Å². The van der Waals surface area contributed by atoms with E-state index in [2.05, 4.69) is 5.32 Å². The van der Waals surface area contributed by atoms with Crippen LogP contribution in [0.4, 0.5) is 4.79 Å². The van der Waals surface area contributed by atoms with Crippen LogP contribution < -0.4 is 5.32 Å². The van der Waals surface area contributed by atoms with Crippen LogP contribution in [-0.4, -0.2) is 54.0 Å². The second-order valence-electron chi connectivity index (χ2n) is 10.6. The molecule has 0 spiro atoms. The van der Waals surface area contributed by atoms with E-state index in [1.807, 2.05) is 48.5 Å². The van der Waals surface area contributed by atoms with E-state index in [4.69, 9.17) is 4.74 Å². The Hall–Kier alpha value is -4.11. The van der Waals surface area contributed by atoms with Gasteiger partial charge in [-0.05, 0) is 63.1 Å². The number of hydrogen-bond acceptors (Lipinski definition) is 5. The lowest BCUT2D eigenvalue weighted by atomic mass is 10.1. The first-order chi connectivity index (χ1) is 18.5. The summed E-state index contributed by atoms with van der Waals surface area (Å²) in [7, 11) is -3.92. The third kappa shape index (κ3) is 5.54. The molecule has 9 heteroatoms. The lowest BCUT2D eigenvalue weighted by Crippen LogP contribution is -2.41. The molecule has 1 aromatic heterocycles. The number of rotatable bonds is 5. The fraction of sp³-hybridized carbons (Fsp3) is 0.267. The van der Waals surface area contributed by atoms with Crippen LogP contribution in [0.5, 0.6) is 0 Å². The number of alkyl carbamates (subject to hydrolysis) is 1. The summed E-state index contributed by atoms with van der Waals surface area (Å²) in [6, 6.07) is 22.8. The molecule has 8 nitrogen and oxygen atoms in total. The van der Waals surface area contributed by atoms with Gasteiger partial charge in [-0.25, -0.2) is 17.2 Å². The minimum atomic E-state index is -3.92. The summed E-state index contributed by atoms with van der Waals surface area (Å²) in [4.78, 5) is 26.9. The summed E-state index contributed by atoms with van der Waals surface area (Å²) < 4.78 is 34.0. The monoisotopic (exact) mass is 545 g/mol. The summed E-state index contributed by atoms with van der Waals surface area (Å²) in [5.74, 6) is -0.217. The van der Waals surface area contributed by atoms with Gasteiger partial charge in [-0.1, -0.05) is 48.5 Å². The Morgan fingerprint density at radius 1 is 0.923 bits per heavy atom. The first-order valence-electron chi connectivity index (χ1n) is 12.8. The molecule has 1 fully saturated rings. The average molecular weight is 546 g/mol. The zero-order valence-electron chi connectivity index (χ0n) is 22.1. The number of nitrogens with one attached hydrogen (secondary N) is 1. The minimum Gasteiger partial charge on any atom is -0.444 e. The van der Waals surface area contributed by atoms with Gasteiger partial charge in [0.1, 0.15) is 5.60 Å². The van der Waals surface area contributed by atoms with Crippen LogP contribution in [0, 0.1) is 0 Å². The molecule has 5 rings (SSSR count). The first kappa shape index (κ1) is 26.5. The normalized spacial score (nSPS) is 15.9. The average Bonchev–Trinajstić information content (AvgIpc) is 3.53. The van der Waals surface area contributed by atoms with Gasteiger partial charge in [0.25, 0.3) is 15.9 Å². The topological polar surface area (TPSA) is 97.7 Å². The van der Waals surface area contributed by atoms with Gasteiger partial charge in [-0.15, -0.1) is 0 Å². The molecule has 1 N–H and O–H groups in total. The molecule has 39 heavy (non-hydrogen) atoms. The molecule has 1 aliphatic heterocycles. The number of para-hydroxylation sites is 1. The predicted octanol–water partition coefficient (Wildman–Crippen LogP) is 5.28. The van der Waals surface area contributed by atoms with Gasteiger partial charge in [0.2, 0.25) is 0 Å². The Kier molecular flexibility index (Phi) is 6.94. The van der Waals surface area contributed by atoms with Crippen molar-refractivity contribution in [3.63, 3.8) is 0 Å². The zero-order chi connectivity index (χ0) is 27.8. The molecule has 4 aromatic rings. The van der Waals surface area contributed by atoms with Crippen LogP contribution in [0.15, 0.2) is 90.0 Å². The number of likely N-dealkylation sites (tertiary alicyclic amines) is 1. The fourth-order valence-electron chi connectivity index (χ4n) is 4.80. The zero-order valence-corrected chi connectivity index (χ0v) is 22.9. The van der Waals surface area contributed by atoms with Gasteiger partial charge < -0.3 is 15.0 Å². The maximum Gasteiger partial charge on any atom is 0.407 e. The second kappa shape index (κ2) is 10.2. The Morgan fingerprint density at radius 2 is 1.59 bits per heavy atom. The Bertz CT molecular complexity index is 1620. The Labute approximate surface area is 228 Å². The number of amides is 2. The quantitative estimate of drug-likeness (QED) is 0.368. The number of carbonyl (C=O) groups excluding carboxylic acids is 2. The number of hydrogen-bond donors (Lipinski definition) is 1. The van der Waals surface area contributed by atoms with Gasteiger partial charge in [0.15, 0.2) is 0 Å². The van der Waals surface area contributed by atoms with E-state index in [-0.39, 0.29) is 16.8 Å². The van der Waals surface area contributed by atoms with Crippen LogP contribution in [-0.2, 0) is 14.8 Å². The molecule has 3 aromatic carbocycles. The maximum atomic E-state index is 13.7. The van der Waals surface area contributed by atoms with E-state index in [1.54, 1.807) is 37.9 Å². The third-order valence-electron chi connectivity index (χ3n) is 6.62. The molecule has 2 amide bonds. The lowest BCUT2D eigenvalue weighted by molar-refractivity contribution is 0.0502. The number of fused-ring (bicyclic) bond motifs is 1. The van der Waals surface area contributed by atoms with Gasteiger partial charge in [0, 0.05) is 35.8 Å². The third-order valence-corrected chi connectivity index (χ3v) is 8.31. The molecule has 0 aliphatic carbocycles. The largest absolute Gasteiger partial charge is 0.444 e. The van der Waals surface area contributed by atoms with Crippen molar-refractivity contribution >= 4 is 32.9 Å². The molecule has 2 heterocycles. The van der Waals surface area contributed by atoms with E-state index in [9.17, 15) is 18.0 Å². The van der Waals surface area contributed by atoms with Crippen molar-refractivity contribution in [2.45, 2.75) is 43.7 Å². The van der Waals surface area contributed by atoms with Crippen LogP contribution >= 0.6 is 0 Å². The van der Waals surface area contributed by atoms with E-state index >= 15 is 0 Å². The SMILES string of the molecule is CC(C)(C)OC(=O)NC1CCN(C(=O)c2ccc(S(=O)(=O)n3cc(-c4ccccc4)c4ccccc43)cc2)C1. The molecule has 0 bridgehead atoms. The molecule has 1 saturated heterocycles. The summed E-state index contributed by atoms with van der Waals surface area (Å²) in [5, 5.41) is 3.65. The molecule has 1 atom stereocenters. The van der Waals surface area contributed by atoms with Gasteiger partial charge in [-0.3, -0.25) is 4.79 Å². The van der Waals surface area contributed by atoms with E-state index in [0.29, 0.717) is 30.6 Å². The highest BCUT2D eigenvalue weighted by Gasteiger charge is 2.30.